The predicted octanol–water partition coefficient (Wildman–Crippen LogP) is 6.77. The van der Waals surface area contributed by atoms with Gasteiger partial charge in [0.1, 0.15) is 0 Å². The van der Waals surface area contributed by atoms with Crippen molar-refractivity contribution in [2.75, 3.05) is 0 Å². The van der Waals surface area contributed by atoms with Gasteiger partial charge in [0.25, 0.3) is 0 Å². The predicted molar refractivity (Wildman–Crippen MR) is 97.3 cm³/mol. The summed E-state index contributed by atoms with van der Waals surface area (Å²) in [4.78, 5) is 3.33. The van der Waals surface area contributed by atoms with Crippen LogP contribution < -0.4 is 0 Å². The highest BCUT2D eigenvalue weighted by atomic mass is 79.9. The third-order valence-electron chi connectivity index (χ3n) is 4.34. The molecule has 112 valence electrons. The molecule has 1 unspecified atom stereocenters. The van der Waals surface area contributed by atoms with E-state index in [9.17, 15) is 0 Å². The van der Waals surface area contributed by atoms with E-state index in [4.69, 9.17) is 11.6 Å². The van der Waals surface area contributed by atoms with Gasteiger partial charge < -0.3 is 0 Å². The largest absolute Gasteiger partial charge is 0.144 e. The van der Waals surface area contributed by atoms with E-state index in [0.29, 0.717) is 0 Å². The standard InChI is InChI=1S/C18H20BrClS/c1-11-9-15(20)12(2)8-14(11)18(19)17-10-13-6-4-3-5-7-16(13)21-17/h8-10,18H,3-7H2,1-2H3. The van der Waals surface area contributed by atoms with Crippen molar-refractivity contribution < 1.29 is 0 Å². The summed E-state index contributed by atoms with van der Waals surface area (Å²) in [5.74, 6) is 0. The van der Waals surface area contributed by atoms with Crippen LogP contribution >= 0.6 is 38.9 Å². The number of fused-ring (bicyclic) bond motifs is 1. The minimum absolute atomic E-state index is 0.283. The average molecular weight is 384 g/mol. The van der Waals surface area contributed by atoms with E-state index in [-0.39, 0.29) is 4.83 Å². The quantitative estimate of drug-likeness (QED) is 0.396. The second-order valence-electron chi connectivity index (χ2n) is 5.98. The lowest BCUT2D eigenvalue weighted by molar-refractivity contribution is 0.712. The number of rotatable bonds is 2. The summed E-state index contributed by atoms with van der Waals surface area (Å²) >= 11 is 12.1. The van der Waals surface area contributed by atoms with E-state index >= 15 is 0 Å². The number of aryl methyl sites for hydroxylation is 4. The van der Waals surface area contributed by atoms with Gasteiger partial charge in [-0.1, -0.05) is 40.0 Å². The van der Waals surface area contributed by atoms with Crippen molar-refractivity contribution in [3.63, 3.8) is 0 Å². The topological polar surface area (TPSA) is 0 Å². The van der Waals surface area contributed by atoms with Crippen LogP contribution in [-0.4, -0.2) is 0 Å². The van der Waals surface area contributed by atoms with Crippen molar-refractivity contribution in [1.82, 2.24) is 0 Å². The van der Waals surface area contributed by atoms with Gasteiger partial charge in [-0.3, -0.25) is 0 Å². The smallest absolute Gasteiger partial charge is 0.0740 e. The number of hydrogen-bond donors (Lipinski definition) is 0. The van der Waals surface area contributed by atoms with Gasteiger partial charge >= 0.3 is 0 Å². The fraction of sp³-hybridized carbons (Fsp3) is 0.444. The molecule has 0 saturated carbocycles. The number of hydrogen-bond acceptors (Lipinski definition) is 1. The Labute approximate surface area is 144 Å². The van der Waals surface area contributed by atoms with Crippen LogP contribution in [0, 0.1) is 13.8 Å². The second kappa shape index (κ2) is 6.44. The Morgan fingerprint density at radius 3 is 2.62 bits per heavy atom. The van der Waals surface area contributed by atoms with E-state index in [2.05, 4.69) is 48.0 Å². The molecule has 1 aliphatic rings. The van der Waals surface area contributed by atoms with Crippen LogP contribution in [0.25, 0.3) is 0 Å². The lowest BCUT2D eigenvalue weighted by Crippen LogP contribution is -1.95. The lowest BCUT2D eigenvalue weighted by atomic mass is 10.0. The number of thiophene rings is 1. The molecular weight excluding hydrogens is 364 g/mol. The Morgan fingerprint density at radius 2 is 1.81 bits per heavy atom. The van der Waals surface area contributed by atoms with E-state index in [1.54, 1.807) is 10.4 Å². The van der Waals surface area contributed by atoms with E-state index in [0.717, 1.165) is 10.6 Å². The average Bonchev–Trinajstić information content (AvgIpc) is 2.73. The van der Waals surface area contributed by atoms with Crippen LogP contribution in [0.2, 0.25) is 5.02 Å². The molecule has 1 aliphatic carbocycles. The first-order valence-corrected chi connectivity index (χ1v) is 9.69. The highest BCUT2D eigenvalue weighted by Gasteiger charge is 2.20. The summed E-state index contributed by atoms with van der Waals surface area (Å²) in [7, 11) is 0. The van der Waals surface area contributed by atoms with Gasteiger partial charge in [0.05, 0.1) is 4.83 Å². The Balaban J connectivity index is 1.95. The van der Waals surface area contributed by atoms with Gasteiger partial charge in [-0.15, -0.1) is 11.3 Å². The fourth-order valence-electron chi connectivity index (χ4n) is 3.04. The Morgan fingerprint density at radius 1 is 1.05 bits per heavy atom. The van der Waals surface area contributed by atoms with Crippen molar-refractivity contribution in [2.45, 2.75) is 50.8 Å². The molecule has 3 heteroatoms. The Bertz CT molecular complexity index is 636. The molecule has 1 aromatic heterocycles. The molecule has 21 heavy (non-hydrogen) atoms. The van der Waals surface area contributed by atoms with E-state index in [1.165, 1.54) is 48.1 Å². The number of alkyl halides is 1. The summed E-state index contributed by atoms with van der Waals surface area (Å²) in [6, 6.07) is 6.73. The number of benzene rings is 1. The lowest BCUT2D eigenvalue weighted by Gasteiger charge is -2.14. The molecule has 0 radical (unpaired) electrons. The normalized spacial score (nSPS) is 16.4. The first kappa shape index (κ1) is 15.6. The zero-order chi connectivity index (χ0) is 15.0. The molecule has 0 N–H and O–H groups in total. The van der Waals surface area contributed by atoms with Crippen molar-refractivity contribution in [2.24, 2.45) is 0 Å². The zero-order valence-corrected chi connectivity index (χ0v) is 15.7. The van der Waals surface area contributed by atoms with E-state index in [1.807, 2.05) is 11.3 Å². The van der Waals surface area contributed by atoms with Gasteiger partial charge in [-0.05, 0) is 73.9 Å². The van der Waals surface area contributed by atoms with Crippen LogP contribution in [0.5, 0.6) is 0 Å². The van der Waals surface area contributed by atoms with Gasteiger partial charge in [0.15, 0.2) is 0 Å². The fourth-order valence-corrected chi connectivity index (χ4v) is 5.42. The summed E-state index contributed by atoms with van der Waals surface area (Å²) in [6.07, 6.45) is 6.58. The summed E-state index contributed by atoms with van der Waals surface area (Å²) < 4.78 is 0. The van der Waals surface area contributed by atoms with Crippen LogP contribution in [0.4, 0.5) is 0 Å². The molecule has 0 aliphatic heterocycles. The molecule has 3 rings (SSSR count). The van der Waals surface area contributed by atoms with Gasteiger partial charge in [-0.2, -0.15) is 0 Å². The molecule has 0 fully saturated rings. The maximum absolute atomic E-state index is 6.22. The molecule has 1 aromatic carbocycles. The molecule has 0 nitrogen and oxygen atoms in total. The molecule has 0 spiro atoms. The first-order valence-electron chi connectivity index (χ1n) is 7.58. The molecule has 1 heterocycles. The van der Waals surface area contributed by atoms with Crippen molar-refractivity contribution >= 4 is 38.9 Å². The molecule has 1 atom stereocenters. The SMILES string of the molecule is Cc1cc(C(Br)c2cc3c(s2)CCCCC3)c(C)cc1Cl. The molecule has 0 amide bonds. The highest BCUT2D eigenvalue weighted by molar-refractivity contribution is 9.09. The van der Waals surface area contributed by atoms with Crippen LogP contribution in [0.1, 0.15) is 56.1 Å². The van der Waals surface area contributed by atoms with Crippen molar-refractivity contribution in [3.8, 4) is 0 Å². The highest BCUT2D eigenvalue weighted by Crippen LogP contribution is 2.41. The van der Waals surface area contributed by atoms with Crippen LogP contribution in [0.3, 0.4) is 0 Å². The molecule has 2 aromatic rings. The molecule has 0 bridgehead atoms. The number of halogens is 2. The van der Waals surface area contributed by atoms with Gasteiger partial charge in [0, 0.05) is 14.8 Å². The van der Waals surface area contributed by atoms with Crippen LogP contribution in [-0.2, 0) is 12.8 Å². The Kier molecular flexibility index (Phi) is 4.78. The molecular formula is C18H20BrClS. The minimum atomic E-state index is 0.283. The van der Waals surface area contributed by atoms with Crippen molar-refractivity contribution in [1.29, 1.82) is 0 Å². The summed E-state index contributed by atoms with van der Waals surface area (Å²) in [5.41, 5.74) is 5.34. The van der Waals surface area contributed by atoms with E-state index < -0.39 is 0 Å². The maximum atomic E-state index is 6.22. The van der Waals surface area contributed by atoms with Gasteiger partial charge in [-0.25, -0.2) is 0 Å². The maximum Gasteiger partial charge on any atom is 0.0740 e. The second-order valence-corrected chi connectivity index (χ2v) is 8.47. The van der Waals surface area contributed by atoms with Crippen LogP contribution in [0.15, 0.2) is 18.2 Å². The monoisotopic (exact) mass is 382 g/mol. The summed E-state index contributed by atoms with van der Waals surface area (Å²) in [6.45, 7) is 4.22. The minimum Gasteiger partial charge on any atom is -0.144 e. The zero-order valence-electron chi connectivity index (χ0n) is 12.5. The van der Waals surface area contributed by atoms with Gasteiger partial charge in [0.2, 0.25) is 0 Å². The summed E-state index contributed by atoms with van der Waals surface area (Å²) in [5, 5.41) is 0.859. The third kappa shape index (κ3) is 3.23. The third-order valence-corrected chi connectivity index (χ3v) is 7.33. The molecule has 0 saturated heterocycles. The Hall–Kier alpha value is -0.310. The first-order chi connectivity index (χ1) is 10.1. The van der Waals surface area contributed by atoms with Crippen molar-refractivity contribution in [3.05, 3.63) is 55.2 Å².